The van der Waals surface area contributed by atoms with Crippen molar-refractivity contribution in [3.05, 3.63) is 40.4 Å². The number of amides is 1. The Labute approximate surface area is 98.0 Å². The summed E-state index contributed by atoms with van der Waals surface area (Å²) in [7, 11) is -3.71. The van der Waals surface area contributed by atoms with Crippen molar-refractivity contribution in [2.75, 3.05) is 0 Å². The Hall–Kier alpha value is -1.33. The molecule has 1 aliphatic heterocycles. The van der Waals surface area contributed by atoms with Gasteiger partial charge in [-0.3, -0.25) is 4.79 Å². The van der Waals surface area contributed by atoms with Gasteiger partial charge < -0.3 is 0 Å². The molecule has 0 saturated carbocycles. The van der Waals surface area contributed by atoms with Crippen LogP contribution in [0.1, 0.15) is 12.5 Å². The number of hydrogen-bond donors (Lipinski definition) is 1. The number of nitrogens with one attached hydrogen (secondary N) is 1. The van der Waals surface area contributed by atoms with E-state index in [2.05, 4.69) is 0 Å². The molecule has 0 spiro atoms. The van der Waals surface area contributed by atoms with E-state index >= 15 is 0 Å². The van der Waals surface area contributed by atoms with Crippen molar-refractivity contribution < 1.29 is 13.2 Å². The number of sulfonamides is 1. The van der Waals surface area contributed by atoms with Gasteiger partial charge in [-0.1, -0.05) is 23.7 Å². The SMILES string of the molecule is CC1=C(c2ccc(Cl)cc2)S(=O)(=O)NC1=O. The number of carbonyl (C=O) groups is 1. The second-order valence-corrected chi connectivity index (χ2v) is 5.45. The standard InChI is InChI=1S/C10H8ClNO3S/c1-6-9(16(14,15)12-10(6)13)7-2-4-8(11)5-3-7/h2-5H,1H3,(H,12,13). The smallest absolute Gasteiger partial charge is 0.265 e. The van der Waals surface area contributed by atoms with Gasteiger partial charge in [0.1, 0.15) is 4.91 Å². The third-order valence-electron chi connectivity index (χ3n) is 2.28. The molecule has 6 heteroatoms. The van der Waals surface area contributed by atoms with E-state index in [1.807, 2.05) is 4.72 Å². The molecule has 0 fully saturated rings. The fourth-order valence-electron chi connectivity index (χ4n) is 1.53. The van der Waals surface area contributed by atoms with Crippen LogP contribution < -0.4 is 4.72 Å². The quantitative estimate of drug-likeness (QED) is 0.830. The Morgan fingerprint density at radius 2 is 1.75 bits per heavy atom. The number of hydrogen-bond acceptors (Lipinski definition) is 3. The lowest BCUT2D eigenvalue weighted by Gasteiger charge is -2.02. The summed E-state index contributed by atoms with van der Waals surface area (Å²) < 4.78 is 25.2. The van der Waals surface area contributed by atoms with Crippen molar-refractivity contribution in [2.24, 2.45) is 0 Å². The van der Waals surface area contributed by atoms with E-state index < -0.39 is 15.9 Å². The molecule has 1 N–H and O–H groups in total. The van der Waals surface area contributed by atoms with Crippen LogP contribution in [-0.2, 0) is 14.8 Å². The van der Waals surface area contributed by atoms with Crippen molar-refractivity contribution >= 4 is 32.4 Å². The molecule has 0 unspecified atom stereocenters. The Balaban J connectivity index is 2.64. The van der Waals surface area contributed by atoms with Gasteiger partial charge in [0.2, 0.25) is 0 Å². The van der Waals surface area contributed by atoms with Gasteiger partial charge >= 0.3 is 0 Å². The second kappa shape index (κ2) is 3.61. The van der Waals surface area contributed by atoms with Crippen LogP contribution in [0.5, 0.6) is 0 Å². The first-order valence-corrected chi connectivity index (χ1v) is 6.32. The first-order chi connectivity index (χ1) is 7.42. The molecule has 84 valence electrons. The highest BCUT2D eigenvalue weighted by molar-refractivity contribution is 8.00. The van der Waals surface area contributed by atoms with Gasteiger partial charge in [0.25, 0.3) is 15.9 Å². The van der Waals surface area contributed by atoms with Crippen LogP contribution in [0.4, 0.5) is 0 Å². The molecule has 2 rings (SSSR count). The number of carbonyl (C=O) groups excluding carboxylic acids is 1. The van der Waals surface area contributed by atoms with Gasteiger partial charge in [-0.15, -0.1) is 0 Å². The van der Waals surface area contributed by atoms with Crippen LogP contribution in [0, 0.1) is 0 Å². The molecule has 4 nitrogen and oxygen atoms in total. The molecule has 0 bridgehead atoms. The zero-order chi connectivity index (χ0) is 11.9. The third kappa shape index (κ3) is 1.72. The lowest BCUT2D eigenvalue weighted by Crippen LogP contribution is -2.22. The van der Waals surface area contributed by atoms with Crippen molar-refractivity contribution in [3.63, 3.8) is 0 Å². The van der Waals surface area contributed by atoms with Crippen LogP contribution >= 0.6 is 11.6 Å². The number of rotatable bonds is 1. The molecule has 0 radical (unpaired) electrons. The molecule has 1 aromatic rings. The summed E-state index contributed by atoms with van der Waals surface area (Å²) >= 11 is 5.71. The van der Waals surface area contributed by atoms with Crippen molar-refractivity contribution in [3.8, 4) is 0 Å². The van der Waals surface area contributed by atoms with Gasteiger partial charge in [0, 0.05) is 10.6 Å². The first-order valence-electron chi connectivity index (χ1n) is 4.46. The molecular weight excluding hydrogens is 250 g/mol. The Bertz CT molecular complexity index is 587. The van der Waals surface area contributed by atoms with Crippen LogP contribution in [0.3, 0.4) is 0 Å². The lowest BCUT2D eigenvalue weighted by atomic mass is 10.1. The van der Waals surface area contributed by atoms with E-state index in [1.165, 1.54) is 6.92 Å². The Kier molecular flexibility index (Phi) is 2.52. The van der Waals surface area contributed by atoms with Gasteiger partial charge in [0.05, 0.1) is 0 Å². The molecule has 0 saturated heterocycles. The van der Waals surface area contributed by atoms with Gasteiger partial charge in [-0.05, 0) is 24.6 Å². The summed E-state index contributed by atoms with van der Waals surface area (Å²) in [5, 5.41) is 0.511. The monoisotopic (exact) mass is 257 g/mol. The third-order valence-corrected chi connectivity index (χ3v) is 4.07. The van der Waals surface area contributed by atoms with E-state index in [9.17, 15) is 13.2 Å². The topological polar surface area (TPSA) is 63.2 Å². The summed E-state index contributed by atoms with van der Waals surface area (Å²) in [4.78, 5) is 11.3. The van der Waals surface area contributed by atoms with E-state index in [-0.39, 0.29) is 10.5 Å². The minimum absolute atomic E-state index is 0.0224. The summed E-state index contributed by atoms with van der Waals surface area (Å²) in [6, 6.07) is 6.29. The van der Waals surface area contributed by atoms with Gasteiger partial charge in [-0.2, -0.15) is 0 Å². The molecule has 1 aliphatic rings. The zero-order valence-corrected chi connectivity index (χ0v) is 9.89. The molecule has 1 heterocycles. The predicted molar refractivity (Wildman–Crippen MR) is 61.1 cm³/mol. The van der Waals surface area contributed by atoms with Gasteiger partial charge in [0.15, 0.2) is 0 Å². The average molecular weight is 258 g/mol. The highest BCUT2D eigenvalue weighted by Gasteiger charge is 2.33. The maximum absolute atomic E-state index is 11.6. The highest BCUT2D eigenvalue weighted by atomic mass is 35.5. The molecule has 16 heavy (non-hydrogen) atoms. The Morgan fingerprint density at radius 1 is 1.19 bits per heavy atom. The molecule has 1 amide bonds. The molecule has 1 aromatic carbocycles. The Morgan fingerprint density at radius 3 is 2.19 bits per heavy atom. The highest BCUT2D eigenvalue weighted by Crippen LogP contribution is 2.29. The maximum atomic E-state index is 11.6. The number of benzene rings is 1. The molecule has 0 aliphatic carbocycles. The van der Waals surface area contributed by atoms with Crippen molar-refractivity contribution in [1.82, 2.24) is 4.72 Å². The van der Waals surface area contributed by atoms with Crippen LogP contribution in [0.15, 0.2) is 29.8 Å². The van der Waals surface area contributed by atoms with Crippen molar-refractivity contribution in [1.29, 1.82) is 0 Å². The van der Waals surface area contributed by atoms with Crippen LogP contribution in [-0.4, -0.2) is 14.3 Å². The zero-order valence-electron chi connectivity index (χ0n) is 8.32. The largest absolute Gasteiger partial charge is 0.269 e. The van der Waals surface area contributed by atoms with E-state index in [0.717, 1.165) is 0 Å². The molecule has 0 aromatic heterocycles. The summed E-state index contributed by atoms with van der Waals surface area (Å²) in [6.45, 7) is 1.48. The van der Waals surface area contributed by atoms with Crippen molar-refractivity contribution in [2.45, 2.75) is 6.92 Å². The van der Waals surface area contributed by atoms with E-state index in [4.69, 9.17) is 11.6 Å². The predicted octanol–water partition coefficient (Wildman–Crippen LogP) is 1.53. The van der Waals surface area contributed by atoms with Gasteiger partial charge in [-0.25, -0.2) is 13.1 Å². The first kappa shape index (κ1) is 11.2. The van der Waals surface area contributed by atoms with E-state index in [0.29, 0.717) is 10.6 Å². The second-order valence-electron chi connectivity index (χ2n) is 3.40. The van der Waals surface area contributed by atoms with Crippen LogP contribution in [0.25, 0.3) is 4.91 Å². The number of halogens is 1. The fourth-order valence-corrected chi connectivity index (χ4v) is 3.09. The molecule has 0 atom stereocenters. The normalized spacial score (nSPS) is 18.8. The summed E-state index contributed by atoms with van der Waals surface area (Å²) in [5.41, 5.74) is 0.655. The molecular formula is C10H8ClNO3S. The van der Waals surface area contributed by atoms with E-state index in [1.54, 1.807) is 24.3 Å². The minimum Gasteiger partial charge on any atom is -0.269 e. The lowest BCUT2D eigenvalue weighted by molar-refractivity contribution is -0.115. The minimum atomic E-state index is -3.71. The van der Waals surface area contributed by atoms with Crippen LogP contribution in [0.2, 0.25) is 5.02 Å². The fraction of sp³-hybridized carbons (Fsp3) is 0.100. The average Bonchev–Trinajstić information content (AvgIpc) is 2.39. The maximum Gasteiger partial charge on any atom is 0.265 e. The summed E-state index contributed by atoms with van der Waals surface area (Å²) in [5.74, 6) is -0.579. The summed E-state index contributed by atoms with van der Waals surface area (Å²) in [6.07, 6.45) is 0.